The summed E-state index contributed by atoms with van der Waals surface area (Å²) in [6.45, 7) is 2.11. The number of carbonyl (C=O) groups excluding carboxylic acids is 2. The van der Waals surface area contributed by atoms with E-state index in [4.69, 9.17) is 4.74 Å². The summed E-state index contributed by atoms with van der Waals surface area (Å²) in [7, 11) is 0. The number of carbonyl (C=O) groups is 2. The summed E-state index contributed by atoms with van der Waals surface area (Å²) in [5.74, 6) is -0.212. The molecule has 140 valence electrons. The van der Waals surface area contributed by atoms with E-state index in [1.165, 1.54) is 24.3 Å². The van der Waals surface area contributed by atoms with Crippen LogP contribution in [0.1, 0.15) is 22.2 Å². The van der Waals surface area contributed by atoms with Gasteiger partial charge in [-0.15, -0.1) is 11.3 Å². The second-order valence-electron chi connectivity index (χ2n) is 5.86. The molecule has 1 aromatic heterocycles. The minimum atomic E-state index is -0.382. The Labute approximate surface area is 160 Å². The third kappa shape index (κ3) is 4.62. The largest absolute Gasteiger partial charge is 0.489 e. The molecule has 0 fully saturated rings. The summed E-state index contributed by atoms with van der Waals surface area (Å²) in [5, 5.41) is 5.77. The Morgan fingerprint density at radius 3 is 2.52 bits per heavy atom. The van der Waals surface area contributed by atoms with Crippen molar-refractivity contribution in [3.8, 4) is 5.75 Å². The first kappa shape index (κ1) is 18.8. The van der Waals surface area contributed by atoms with Crippen LogP contribution in [0.25, 0.3) is 10.1 Å². The van der Waals surface area contributed by atoms with Crippen molar-refractivity contribution < 1.29 is 18.7 Å². The van der Waals surface area contributed by atoms with E-state index in [1.54, 1.807) is 24.3 Å². The van der Waals surface area contributed by atoms with Crippen LogP contribution in [0.15, 0.2) is 48.5 Å². The highest BCUT2D eigenvalue weighted by molar-refractivity contribution is 7.21. The highest BCUT2D eigenvalue weighted by atomic mass is 32.1. The average molecular weight is 386 g/mol. The van der Waals surface area contributed by atoms with Gasteiger partial charge in [-0.25, -0.2) is 4.39 Å². The molecule has 0 atom stereocenters. The van der Waals surface area contributed by atoms with E-state index >= 15 is 0 Å². The van der Waals surface area contributed by atoms with Crippen LogP contribution in [0.3, 0.4) is 0 Å². The molecule has 3 aromatic rings. The number of hydrogen-bond donors (Lipinski definition) is 2. The number of para-hydroxylation sites is 1. The summed E-state index contributed by atoms with van der Waals surface area (Å²) in [6, 6.07) is 13.9. The lowest BCUT2D eigenvalue weighted by molar-refractivity contribution is -0.118. The third-order valence-corrected chi connectivity index (χ3v) is 5.08. The van der Waals surface area contributed by atoms with Crippen molar-refractivity contribution in [1.29, 1.82) is 0 Å². The molecule has 0 unspecified atom stereocenters. The lowest BCUT2D eigenvalue weighted by atomic mass is 10.1. The van der Waals surface area contributed by atoms with Crippen molar-refractivity contribution >= 4 is 33.2 Å². The molecule has 5 nitrogen and oxygen atoms in total. The molecular weight excluding hydrogens is 367 g/mol. The number of rotatable bonds is 7. The van der Waals surface area contributed by atoms with E-state index in [0.717, 1.165) is 0 Å². The van der Waals surface area contributed by atoms with Crippen LogP contribution in [0.2, 0.25) is 0 Å². The molecule has 0 aliphatic heterocycles. The zero-order chi connectivity index (χ0) is 19.2. The second-order valence-corrected chi connectivity index (χ2v) is 6.92. The molecule has 7 heteroatoms. The lowest BCUT2D eigenvalue weighted by Gasteiger charge is -2.09. The molecule has 0 saturated carbocycles. The van der Waals surface area contributed by atoms with Crippen LogP contribution in [-0.2, 0) is 11.4 Å². The van der Waals surface area contributed by atoms with E-state index in [9.17, 15) is 14.0 Å². The first-order valence-electron chi connectivity index (χ1n) is 8.46. The Bertz CT molecular complexity index is 957. The fraction of sp³-hybridized carbons (Fsp3) is 0.200. The van der Waals surface area contributed by atoms with Crippen molar-refractivity contribution in [2.45, 2.75) is 13.5 Å². The average Bonchev–Trinajstić information content (AvgIpc) is 3.04. The first-order chi connectivity index (χ1) is 13.1. The lowest BCUT2D eigenvalue weighted by Crippen LogP contribution is -2.33. The van der Waals surface area contributed by atoms with Crippen LogP contribution >= 0.6 is 11.3 Å². The van der Waals surface area contributed by atoms with Gasteiger partial charge in [0.05, 0.1) is 4.88 Å². The van der Waals surface area contributed by atoms with Crippen molar-refractivity contribution in [3.63, 3.8) is 0 Å². The molecule has 3 rings (SSSR count). The fourth-order valence-corrected chi connectivity index (χ4v) is 3.79. The van der Waals surface area contributed by atoms with Gasteiger partial charge in [-0.2, -0.15) is 0 Å². The predicted octanol–water partition coefficient (Wildman–Crippen LogP) is 3.49. The topological polar surface area (TPSA) is 67.4 Å². The zero-order valence-electron chi connectivity index (χ0n) is 14.8. The minimum Gasteiger partial charge on any atom is -0.489 e. The Morgan fingerprint density at radius 1 is 1.04 bits per heavy atom. The molecule has 0 aliphatic rings. The molecule has 0 spiro atoms. The third-order valence-electron chi connectivity index (χ3n) is 3.88. The molecule has 0 saturated heterocycles. The normalized spacial score (nSPS) is 10.6. The van der Waals surface area contributed by atoms with Crippen LogP contribution < -0.4 is 15.4 Å². The van der Waals surface area contributed by atoms with Gasteiger partial charge >= 0.3 is 0 Å². The van der Waals surface area contributed by atoms with Gasteiger partial charge in [0, 0.05) is 35.7 Å². The maximum absolute atomic E-state index is 14.4. The standard InChI is InChI=1S/C20H19FN2O3S/c1-13(24)22-10-11-23-20(25)19-15(12-26-14-6-3-2-4-7-14)18-16(21)8-5-9-17(18)27-19/h2-9H,10-12H2,1H3,(H,22,24)(H,23,25). The molecule has 2 N–H and O–H groups in total. The Morgan fingerprint density at radius 2 is 1.78 bits per heavy atom. The number of amides is 2. The van der Waals surface area contributed by atoms with Crippen LogP contribution in [-0.4, -0.2) is 24.9 Å². The van der Waals surface area contributed by atoms with Gasteiger partial charge in [-0.1, -0.05) is 24.3 Å². The Kier molecular flexibility index (Phi) is 6.03. The monoisotopic (exact) mass is 386 g/mol. The van der Waals surface area contributed by atoms with Crippen molar-refractivity contribution in [2.75, 3.05) is 13.1 Å². The van der Waals surface area contributed by atoms with Gasteiger partial charge in [0.2, 0.25) is 5.91 Å². The Balaban J connectivity index is 1.84. The van der Waals surface area contributed by atoms with Gasteiger partial charge in [0.1, 0.15) is 18.2 Å². The predicted molar refractivity (Wildman–Crippen MR) is 104 cm³/mol. The summed E-state index contributed by atoms with van der Waals surface area (Å²) in [6.07, 6.45) is 0. The number of nitrogens with one attached hydrogen (secondary N) is 2. The molecular formula is C20H19FN2O3S. The molecule has 1 heterocycles. The fourth-order valence-electron chi connectivity index (χ4n) is 2.66. The summed E-state index contributed by atoms with van der Waals surface area (Å²) in [5.41, 5.74) is 0.522. The summed E-state index contributed by atoms with van der Waals surface area (Å²) < 4.78 is 20.9. The van der Waals surface area contributed by atoms with E-state index in [0.29, 0.717) is 32.8 Å². The smallest absolute Gasteiger partial charge is 0.261 e. The number of hydrogen-bond acceptors (Lipinski definition) is 4. The van der Waals surface area contributed by atoms with Gasteiger partial charge < -0.3 is 15.4 Å². The van der Waals surface area contributed by atoms with Crippen molar-refractivity contribution in [3.05, 3.63) is 64.8 Å². The molecule has 0 radical (unpaired) electrons. The highest BCUT2D eigenvalue weighted by Crippen LogP contribution is 2.34. The quantitative estimate of drug-likeness (QED) is 0.611. The number of fused-ring (bicyclic) bond motifs is 1. The zero-order valence-corrected chi connectivity index (χ0v) is 15.6. The Hall–Kier alpha value is -2.93. The van der Waals surface area contributed by atoms with E-state index in [1.807, 2.05) is 18.2 Å². The minimum absolute atomic E-state index is 0.0827. The molecule has 2 amide bonds. The number of ether oxygens (including phenoxy) is 1. The van der Waals surface area contributed by atoms with Gasteiger partial charge in [-0.3, -0.25) is 9.59 Å². The number of halogens is 1. The van der Waals surface area contributed by atoms with Crippen LogP contribution in [0.5, 0.6) is 5.75 Å². The summed E-state index contributed by atoms with van der Waals surface area (Å²) in [4.78, 5) is 23.9. The molecule has 27 heavy (non-hydrogen) atoms. The summed E-state index contributed by atoms with van der Waals surface area (Å²) >= 11 is 1.23. The van der Waals surface area contributed by atoms with Gasteiger partial charge in [0.25, 0.3) is 5.91 Å². The maximum Gasteiger partial charge on any atom is 0.261 e. The SMILES string of the molecule is CC(=O)NCCNC(=O)c1sc2cccc(F)c2c1COc1ccccc1. The first-order valence-corrected chi connectivity index (χ1v) is 9.28. The van der Waals surface area contributed by atoms with Crippen molar-refractivity contribution in [2.24, 2.45) is 0 Å². The second kappa shape index (κ2) is 8.64. The maximum atomic E-state index is 14.4. The molecule has 0 aliphatic carbocycles. The number of thiophene rings is 1. The van der Waals surface area contributed by atoms with Crippen LogP contribution in [0, 0.1) is 5.82 Å². The van der Waals surface area contributed by atoms with Crippen LogP contribution in [0.4, 0.5) is 4.39 Å². The van der Waals surface area contributed by atoms with Crippen molar-refractivity contribution in [1.82, 2.24) is 10.6 Å². The molecule has 0 bridgehead atoms. The van der Waals surface area contributed by atoms with Gasteiger partial charge in [-0.05, 0) is 24.3 Å². The van der Waals surface area contributed by atoms with E-state index in [-0.39, 0.29) is 30.8 Å². The van der Waals surface area contributed by atoms with Gasteiger partial charge in [0.15, 0.2) is 0 Å². The van der Waals surface area contributed by atoms with E-state index < -0.39 is 0 Å². The highest BCUT2D eigenvalue weighted by Gasteiger charge is 2.21. The van der Waals surface area contributed by atoms with E-state index in [2.05, 4.69) is 10.6 Å². The molecule has 2 aromatic carbocycles. The number of benzene rings is 2.